The summed E-state index contributed by atoms with van der Waals surface area (Å²) in [5, 5.41) is 3.24. The topological polar surface area (TPSA) is 48.5 Å². The van der Waals surface area contributed by atoms with Crippen LogP contribution in [0.4, 0.5) is 10.5 Å². The fraction of sp³-hybridized carbons (Fsp3) is 0.667. The third kappa shape index (κ3) is 4.15. The lowest BCUT2D eigenvalue weighted by atomic mass is 9.96. The van der Waals surface area contributed by atoms with Crippen LogP contribution in [0.1, 0.15) is 44.1 Å². The van der Waals surface area contributed by atoms with Crippen LogP contribution in [0.15, 0.2) is 18.5 Å². The van der Waals surface area contributed by atoms with Crippen LogP contribution < -0.4 is 10.2 Å². The van der Waals surface area contributed by atoms with Gasteiger partial charge in [0.05, 0.1) is 0 Å². The van der Waals surface area contributed by atoms with Crippen molar-refractivity contribution in [1.29, 1.82) is 0 Å². The van der Waals surface area contributed by atoms with Gasteiger partial charge < -0.3 is 15.1 Å². The van der Waals surface area contributed by atoms with Crippen molar-refractivity contribution >= 4 is 11.7 Å². The largest absolute Gasteiger partial charge is 0.369 e. The molecule has 2 fully saturated rings. The molecule has 0 spiro atoms. The fourth-order valence-corrected chi connectivity index (χ4v) is 3.70. The number of nitrogens with zero attached hydrogens (tertiary/aromatic N) is 3. The normalized spacial score (nSPS) is 20.2. The SMILES string of the molecule is Cc1cnccc1N1CCCN(C(=O)NC2CCCCC2)CC1. The highest BCUT2D eigenvalue weighted by Gasteiger charge is 2.22. The predicted molar refractivity (Wildman–Crippen MR) is 92.8 cm³/mol. The summed E-state index contributed by atoms with van der Waals surface area (Å²) in [7, 11) is 0. The van der Waals surface area contributed by atoms with Gasteiger partial charge in [-0.3, -0.25) is 4.98 Å². The van der Waals surface area contributed by atoms with Gasteiger partial charge >= 0.3 is 6.03 Å². The quantitative estimate of drug-likeness (QED) is 0.912. The van der Waals surface area contributed by atoms with Crippen LogP contribution in [-0.4, -0.2) is 48.1 Å². The van der Waals surface area contributed by atoms with Crippen molar-refractivity contribution in [2.24, 2.45) is 0 Å². The fourth-order valence-electron chi connectivity index (χ4n) is 3.70. The minimum atomic E-state index is 0.130. The van der Waals surface area contributed by atoms with Crippen molar-refractivity contribution in [3.63, 3.8) is 0 Å². The van der Waals surface area contributed by atoms with Gasteiger partial charge in [0.2, 0.25) is 0 Å². The molecular weight excluding hydrogens is 288 g/mol. The highest BCUT2D eigenvalue weighted by Crippen LogP contribution is 2.21. The average molecular weight is 316 g/mol. The summed E-state index contributed by atoms with van der Waals surface area (Å²) >= 11 is 0. The highest BCUT2D eigenvalue weighted by molar-refractivity contribution is 5.74. The van der Waals surface area contributed by atoms with Crippen molar-refractivity contribution in [1.82, 2.24) is 15.2 Å². The Morgan fingerprint density at radius 2 is 1.96 bits per heavy atom. The number of carbonyl (C=O) groups excluding carboxylic acids is 1. The van der Waals surface area contributed by atoms with E-state index < -0.39 is 0 Å². The van der Waals surface area contributed by atoms with Gasteiger partial charge in [-0.25, -0.2) is 4.79 Å². The van der Waals surface area contributed by atoms with E-state index in [1.165, 1.54) is 30.5 Å². The number of aryl methyl sites for hydroxylation is 1. The maximum absolute atomic E-state index is 12.5. The van der Waals surface area contributed by atoms with Gasteiger partial charge in [0.25, 0.3) is 0 Å². The molecule has 2 aliphatic rings. The molecule has 126 valence electrons. The van der Waals surface area contributed by atoms with Gasteiger partial charge in [-0.2, -0.15) is 0 Å². The Bertz CT molecular complexity index is 528. The number of rotatable bonds is 2. The van der Waals surface area contributed by atoms with Crippen LogP contribution in [0.3, 0.4) is 0 Å². The Hall–Kier alpha value is -1.78. The number of pyridine rings is 1. The zero-order valence-electron chi connectivity index (χ0n) is 14.1. The molecule has 5 heteroatoms. The molecule has 23 heavy (non-hydrogen) atoms. The third-order valence-electron chi connectivity index (χ3n) is 5.05. The number of carbonyl (C=O) groups is 1. The van der Waals surface area contributed by atoms with E-state index in [1.807, 2.05) is 17.3 Å². The summed E-state index contributed by atoms with van der Waals surface area (Å²) in [4.78, 5) is 21.1. The average Bonchev–Trinajstić information content (AvgIpc) is 2.82. The molecule has 0 aromatic carbocycles. The van der Waals surface area contributed by atoms with Gasteiger partial charge in [-0.15, -0.1) is 0 Å². The molecule has 5 nitrogen and oxygen atoms in total. The van der Waals surface area contributed by atoms with Crippen LogP contribution in [0.25, 0.3) is 0 Å². The minimum Gasteiger partial charge on any atom is -0.369 e. The molecule has 2 heterocycles. The number of anilines is 1. The summed E-state index contributed by atoms with van der Waals surface area (Å²) in [6, 6.07) is 2.59. The molecule has 1 N–H and O–H groups in total. The van der Waals surface area contributed by atoms with E-state index in [-0.39, 0.29) is 6.03 Å². The lowest BCUT2D eigenvalue weighted by molar-refractivity contribution is 0.193. The number of urea groups is 1. The maximum atomic E-state index is 12.5. The standard InChI is InChI=1S/C18H28N4O/c1-15-14-19-9-8-17(15)21-10-5-11-22(13-12-21)18(23)20-16-6-3-2-4-7-16/h8-9,14,16H,2-7,10-13H2,1H3,(H,20,23). The lowest BCUT2D eigenvalue weighted by Gasteiger charge is -2.28. The Labute approximate surface area is 139 Å². The first kappa shape index (κ1) is 16.1. The van der Waals surface area contributed by atoms with Crippen LogP contribution in [0, 0.1) is 6.92 Å². The molecule has 1 aromatic heterocycles. The second kappa shape index (κ2) is 7.66. The lowest BCUT2D eigenvalue weighted by Crippen LogP contribution is -2.46. The monoisotopic (exact) mass is 316 g/mol. The third-order valence-corrected chi connectivity index (χ3v) is 5.05. The van der Waals surface area contributed by atoms with E-state index in [0.717, 1.165) is 45.4 Å². The van der Waals surface area contributed by atoms with E-state index in [9.17, 15) is 4.79 Å². The van der Waals surface area contributed by atoms with Gasteiger partial charge in [0.15, 0.2) is 0 Å². The minimum absolute atomic E-state index is 0.130. The molecule has 2 amide bonds. The Balaban J connectivity index is 1.55. The molecule has 1 aliphatic heterocycles. The number of hydrogen-bond acceptors (Lipinski definition) is 3. The first-order chi connectivity index (χ1) is 11.2. The number of nitrogens with one attached hydrogen (secondary N) is 1. The zero-order chi connectivity index (χ0) is 16.1. The maximum Gasteiger partial charge on any atom is 0.317 e. The molecular formula is C18H28N4O. The van der Waals surface area contributed by atoms with E-state index in [2.05, 4.69) is 28.2 Å². The van der Waals surface area contributed by atoms with Gasteiger partial charge in [-0.05, 0) is 37.8 Å². The van der Waals surface area contributed by atoms with Crippen LogP contribution in [0.5, 0.6) is 0 Å². The van der Waals surface area contributed by atoms with Crippen LogP contribution >= 0.6 is 0 Å². The second-order valence-corrected chi connectivity index (χ2v) is 6.77. The van der Waals surface area contributed by atoms with Crippen molar-refractivity contribution in [3.8, 4) is 0 Å². The Kier molecular flexibility index (Phi) is 5.36. The van der Waals surface area contributed by atoms with Crippen molar-refractivity contribution < 1.29 is 4.79 Å². The number of hydrogen-bond donors (Lipinski definition) is 1. The highest BCUT2D eigenvalue weighted by atomic mass is 16.2. The van der Waals surface area contributed by atoms with Crippen molar-refractivity contribution in [3.05, 3.63) is 24.0 Å². The summed E-state index contributed by atoms with van der Waals surface area (Å²) in [5.74, 6) is 0. The van der Waals surface area contributed by atoms with Crippen LogP contribution in [0.2, 0.25) is 0 Å². The van der Waals surface area contributed by atoms with Crippen LogP contribution in [-0.2, 0) is 0 Å². The number of amides is 2. The van der Waals surface area contributed by atoms with Crippen molar-refractivity contribution in [2.75, 3.05) is 31.1 Å². The summed E-state index contributed by atoms with van der Waals surface area (Å²) < 4.78 is 0. The molecule has 0 bridgehead atoms. The van der Waals surface area contributed by atoms with E-state index in [1.54, 1.807) is 0 Å². The summed E-state index contributed by atoms with van der Waals surface area (Å²) in [5.41, 5.74) is 2.45. The zero-order valence-corrected chi connectivity index (χ0v) is 14.1. The predicted octanol–water partition coefficient (Wildman–Crippen LogP) is 2.94. The van der Waals surface area contributed by atoms with E-state index in [4.69, 9.17) is 0 Å². The Morgan fingerprint density at radius 1 is 1.13 bits per heavy atom. The van der Waals surface area contributed by atoms with Gasteiger partial charge in [0, 0.05) is 50.3 Å². The summed E-state index contributed by atoms with van der Waals surface area (Å²) in [6.45, 7) is 5.63. The molecule has 0 atom stereocenters. The van der Waals surface area contributed by atoms with Gasteiger partial charge in [-0.1, -0.05) is 19.3 Å². The van der Waals surface area contributed by atoms with Gasteiger partial charge in [0.1, 0.15) is 0 Å². The molecule has 3 rings (SSSR count). The first-order valence-corrected chi connectivity index (χ1v) is 8.95. The molecule has 0 unspecified atom stereocenters. The Morgan fingerprint density at radius 3 is 2.74 bits per heavy atom. The molecule has 1 saturated carbocycles. The molecule has 1 aromatic rings. The van der Waals surface area contributed by atoms with Crippen molar-refractivity contribution in [2.45, 2.75) is 51.5 Å². The number of aromatic nitrogens is 1. The smallest absolute Gasteiger partial charge is 0.317 e. The molecule has 1 saturated heterocycles. The molecule has 0 radical (unpaired) electrons. The molecule has 1 aliphatic carbocycles. The summed E-state index contributed by atoms with van der Waals surface area (Å²) in [6.07, 6.45) is 10.9. The van der Waals surface area contributed by atoms with E-state index in [0.29, 0.717) is 6.04 Å². The second-order valence-electron chi connectivity index (χ2n) is 6.77. The first-order valence-electron chi connectivity index (χ1n) is 8.95. The van der Waals surface area contributed by atoms with E-state index >= 15 is 0 Å².